The van der Waals surface area contributed by atoms with Crippen LogP contribution < -0.4 is 4.74 Å². The third-order valence-electron chi connectivity index (χ3n) is 2.72. The average molecular weight is 280 g/mol. The van der Waals surface area contributed by atoms with Gasteiger partial charge in [0.05, 0.1) is 6.20 Å². The largest absolute Gasteiger partial charge is 0.477 e. The van der Waals surface area contributed by atoms with E-state index < -0.39 is 5.97 Å². The number of carboxylic acids is 1. The Bertz CT molecular complexity index is 731. The van der Waals surface area contributed by atoms with Gasteiger partial charge in [-0.25, -0.2) is 4.79 Å². The highest BCUT2D eigenvalue weighted by molar-refractivity contribution is 5.96. The Morgan fingerprint density at radius 2 is 2.24 bits per heavy atom. The number of hydrogen-bond donors (Lipinski definition) is 1. The number of rotatable bonds is 4. The van der Waals surface area contributed by atoms with E-state index in [1.807, 2.05) is 6.92 Å². The Morgan fingerprint density at radius 1 is 1.43 bits per heavy atom. The Hall–Kier alpha value is -3.13. The van der Waals surface area contributed by atoms with E-state index in [2.05, 4.69) is 4.98 Å². The summed E-state index contributed by atoms with van der Waals surface area (Å²) < 4.78 is 5.68. The second kappa shape index (κ2) is 6.35. The lowest BCUT2D eigenvalue weighted by Crippen LogP contribution is -1.97. The predicted octanol–water partition coefficient (Wildman–Crippen LogP) is 3.17. The molecule has 5 nitrogen and oxygen atoms in total. The van der Waals surface area contributed by atoms with E-state index in [9.17, 15) is 4.79 Å². The lowest BCUT2D eigenvalue weighted by atomic mass is 10.1. The van der Waals surface area contributed by atoms with Gasteiger partial charge in [-0.15, -0.1) is 0 Å². The fraction of sp³-hybridized carbons (Fsp3) is 0.0625. The molecule has 0 bridgehead atoms. The van der Waals surface area contributed by atoms with Gasteiger partial charge in [0.25, 0.3) is 0 Å². The molecule has 104 valence electrons. The van der Waals surface area contributed by atoms with Crippen LogP contribution in [0.15, 0.2) is 48.3 Å². The smallest absolute Gasteiger partial charge is 0.346 e. The van der Waals surface area contributed by atoms with Gasteiger partial charge < -0.3 is 9.84 Å². The summed E-state index contributed by atoms with van der Waals surface area (Å²) in [5.41, 5.74) is 1.15. The van der Waals surface area contributed by atoms with Gasteiger partial charge in [0.15, 0.2) is 0 Å². The number of pyridine rings is 1. The first-order valence-corrected chi connectivity index (χ1v) is 6.14. The summed E-state index contributed by atoms with van der Waals surface area (Å²) in [5.74, 6) is 0.0203. The molecule has 21 heavy (non-hydrogen) atoms. The zero-order valence-electron chi connectivity index (χ0n) is 11.3. The maximum atomic E-state index is 10.8. The normalized spacial score (nSPS) is 10.8. The number of aliphatic carboxylic acids is 1. The first-order chi connectivity index (χ1) is 10.1. The molecule has 0 aliphatic rings. The van der Waals surface area contributed by atoms with Gasteiger partial charge in [-0.1, -0.05) is 6.07 Å². The van der Waals surface area contributed by atoms with Crippen LogP contribution in [0.4, 0.5) is 0 Å². The van der Waals surface area contributed by atoms with Crippen LogP contribution in [0.5, 0.6) is 11.5 Å². The molecule has 0 unspecified atom stereocenters. The fourth-order valence-electron chi connectivity index (χ4n) is 1.72. The van der Waals surface area contributed by atoms with Crippen LogP contribution in [-0.4, -0.2) is 16.1 Å². The van der Waals surface area contributed by atoms with E-state index in [0.29, 0.717) is 17.1 Å². The van der Waals surface area contributed by atoms with Crippen molar-refractivity contribution in [3.8, 4) is 17.6 Å². The van der Waals surface area contributed by atoms with Crippen molar-refractivity contribution in [2.24, 2.45) is 0 Å². The van der Waals surface area contributed by atoms with Gasteiger partial charge in [0.1, 0.15) is 23.1 Å². The number of carbonyl (C=O) groups is 1. The van der Waals surface area contributed by atoms with Crippen LogP contribution in [0.2, 0.25) is 0 Å². The van der Waals surface area contributed by atoms with Crippen LogP contribution >= 0.6 is 0 Å². The Labute approximate surface area is 121 Å². The van der Waals surface area contributed by atoms with Crippen molar-refractivity contribution in [2.45, 2.75) is 6.92 Å². The molecule has 0 radical (unpaired) electrons. The Kier molecular flexibility index (Phi) is 4.32. The minimum absolute atomic E-state index is 0.310. The SMILES string of the molecule is Cc1cc(/C=C(\C#N)C(=O)O)ccc1Oc1cccnc1. The third kappa shape index (κ3) is 3.67. The molecule has 0 fully saturated rings. The molecule has 1 N–H and O–H groups in total. The lowest BCUT2D eigenvalue weighted by molar-refractivity contribution is -0.132. The third-order valence-corrected chi connectivity index (χ3v) is 2.72. The van der Waals surface area contributed by atoms with Gasteiger partial charge in [-0.3, -0.25) is 4.98 Å². The number of ether oxygens (including phenoxy) is 1. The van der Waals surface area contributed by atoms with Crippen molar-refractivity contribution >= 4 is 12.0 Å². The highest BCUT2D eigenvalue weighted by atomic mass is 16.5. The maximum Gasteiger partial charge on any atom is 0.346 e. The Balaban J connectivity index is 2.26. The molecule has 0 amide bonds. The molecular formula is C16H12N2O3. The molecule has 1 aromatic heterocycles. The zero-order chi connectivity index (χ0) is 15.2. The van der Waals surface area contributed by atoms with E-state index in [1.165, 1.54) is 6.08 Å². The monoisotopic (exact) mass is 280 g/mol. The van der Waals surface area contributed by atoms with Crippen molar-refractivity contribution in [1.29, 1.82) is 5.26 Å². The molecule has 2 rings (SSSR count). The molecule has 0 saturated heterocycles. The summed E-state index contributed by atoms with van der Waals surface area (Å²) in [6, 6.07) is 10.4. The summed E-state index contributed by atoms with van der Waals surface area (Å²) in [7, 11) is 0. The maximum absolute atomic E-state index is 10.8. The molecule has 5 heteroatoms. The topological polar surface area (TPSA) is 83.2 Å². The molecule has 0 aliphatic heterocycles. The molecule has 1 aromatic carbocycles. The average Bonchev–Trinajstić information content (AvgIpc) is 2.48. The van der Waals surface area contributed by atoms with E-state index in [0.717, 1.165) is 5.56 Å². The molecule has 1 heterocycles. The lowest BCUT2D eigenvalue weighted by Gasteiger charge is -2.08. The van der Waals surface area contributed by atoms with Gasteiger partial charge in [0.2, 0.25) is 0 Å². The van der Waals surface area contributed by atoms with Crippen LogP contribution in [0.1, 0.15) is 11.1 Å². The quantitative estimate of drug-likeness (QED) is 0.687. The number of carboxylic acid groups (broad SMARTS) is 1. The Morgan fingerprint density at radius 3 is 2.81 bits per heavy atom. The molecular weight excluding hydrogens is 268 g/mol. The van der Waals surface area contributed by atoms with Crippen LogP contribution in [-0.2, 0) is 4.79 Å². The summed E-state index contributed by atoms with van der Waals surface area (Å²) >= 11 is 0. The van der Waals surface area contributed by atoms with Gasteiger partial charge in [0, 0.05) is 6.20 Å². The minimum atomic E-state index is -1.24. The summed E-state index contributed by atoms with van der Waals surface area (Å²) in [6.45, 7) is 1.84. The number of nitrogens with zero attached hydrogens (tertiary/aromatic N) is 2. The highest BCUT2D eigenvalue weighted by Crippen LogP contribution is 2.25. The number of aryl methyl sites for hydroxylation is 1. The first kappa shape index (κ1) is 14.3. The van der Waals surface area contributed by atoms with Crippen molar-refractivity contribution in [1.82, 2.24) is 4.98 Å². The second-order valence-corrected chi connectivity index (χ2v) is 4.29. The van der Waals surface area contributed by atoms with Gasteiger partial charge in [-0.2, -0.15) is 5.26 Å². The number of benzene rings is 1. The van der Waals surface area contributed by atoms with Crippen molar-refractivity contribution in [3.05, 3.63) is 59.4 Å². The number of nitriles is 1. The number of aromatic nitrogens is 1. The fourth-order valence-corrected chi connectivity index (χ4v) is 1.72. The summed E-state index contributed by atoms with van der Waals surface area (Å²) in [6.07, 6.45) is 4.58. The van der Waals surface area contributed by atoms with Crippen LogP contribution in [0, 0.1) is 18.3 Å². The summed E-state index contributed by atoms with van der Waals surface area (Å²) in [5, 5.41) is 17.6. The van der Waals surface area contributed by atoms with Gasteiger partial charge in [-0.05, 0) is 48.4 Å². The molecule has 0 spiro atoms. The van der Waals surface area contributed by atoms with Crippen molar-refractivity contribution in [3.63, 3.8) is 0 Å². The molecule has 0 saturated carbocycles. The van der Waals surface area contributed by atoms with E-state index in [4.69, 9.17) is 15.1 Å². The van der Waals surface area contributed by atoms with Crippen molar-refractivity contribution < 1.29 is 14.6 Å². The molecule has 2 aromatic rings. The van der Waals surface area contributed by atoms with Crippen molar-refractivity contribution in [2.75, 3.05) is 0 Å². The number of hydrogen-bond acceptors (Lipinski definition) is 4. The minimum Gasteiger partial charge on any atom is -0.477 e. The second-order valence-electron chi connectivity index (χ2n) is 4.29. The molecule has 0 aliphatic carbocycles. The van der Waals surface area contributed by atoms with Crippen LogP contribution in [0.25, 0.3) is 6.08 Å². The van der Waals surface area contributed by atoms with E-state index in [-0.39, 0.29) is 5.57 Å². The van der Waals surface area contributed by atoms with E-state index in [1.54, 1.807) is 48.8 Å². The first-order valence-electron chi connectivity index (χ1n) is 6.14. The standard InChI is InChI=1S/C16H12N2O3/c1-11-7-12(8-13(9-17)16(19)20)4-5-15(11)21-14-3-2-6-18-10-14/h2-8,10H,1H3,(H,19,20)/b13-8+. The highest BCUT2D eigenvalue weighted by Gasteiger charge is 2.07. The van der Waals surface area contributed by atoms with Gasteiger partial charge >= 0.3 is 5.97 Å². The predicted molar refractivity (Wildman–Crippen MR) is 76.7 cm³/mol. The van der Waals surface area contributed by atoms with Crippen LogP contribution in [0.3, 0.4) is 0 Å². The molecule has 0 atom stereocenters. The zero-order valence-corrected chi connectivity index (χ0v) is 11.3. The van der Waals surface area contributed by atoms with E-state index >= 15 is 0 Å². The summed E-state index contributed by atoms with van der Waals surface area (Å²) in [4.78, 5) is 14.8.